The van der Waals surface area contributed by atoms with Gasteiger partial charge in [-0.05, 0) is 30.7 Å². The molecule has 1 aromatic heterocycles. The summed E-state index contributed by atoms with van der Waals surface area (Å²) in [5.74, 6) is 1.13. The zero-order valence-corrected chi connectivity index (χ0v) is 9.88. The van der Waals surface area contributed by atoms with Crippen LogP contribution in [0, 0.1) is 0 Å². The number of carboxylic acid groups (broad SMARTS) is 1. The number of nitrogens with zero attached hydrogens (tertiary/aromatic N) is 2. The summed E-state index contributed by atoms with van der Waals surface area (Å²) >= 11 is 0. The highest BCUT2D eigenvalue weighted by Gasteiger charge is 2.08. The van der Waals surface area contributed by atoms with E-state index in [0.29, 0.717) is 17.4 Å². The van der Waals surface area contributed by atoms with Crippen LogP contribution < -0.4 is 5.32 Å². The number of anilines is 1. The van der Waals surface area contributed by atoms with E-state index in [4.69, 9.17) is 9.63 Å². The fourth-order valence-corrected chi connectivity index (χ4v) is 1.51. The van der Waals surface area contributed by atoms with Gasteiger partial charge in [0.15, 0.2) is 0 Å². The van der Waals surface area contributed by atoms with Crippen molar-refractivity contribution in [2.75, 3.05) is 5.32 Å². The molecule has 1 aromatic carbocycles. The molecule has 0 saturated heterocycles. The lowest BCUT2D eigenvalue weighted by Gasteiger charge is -2.00. The molecule has 1 amide bonds. The van der Waals surface area contributed by atoms with E-state index in [2.05, 4.69) is 15.5 Å². The molecule has 2 N–H and O–H groups in total. The van der Waals surface area contributed by atoms with Crippen molar-refractivity contribution < 1.29 is 14.4 Å². The van der Waals surface area contributed by atoms with Crippen molar-refractivity contribution in [1.82, 2.24) is 10.1 Å². The van der Waals surface area contributed by atoms with Gasteiger partial charge in [0.1, 0.15) is 0 Å². The van der Waals surface area contributed by atoms with E-state index in [-0.39, 0.29) is 0 Å². The van der Waals surface area contributed by atoms with E-state index in [0.717, 1.165) is 18.4 Å². The summed E-state index contributed by atoms with van der Waals surface area (Å²) in [5, 5.41) is 14.7. The molecule has 2 rings (SSSR count). The van der Waals surface area contributed by atoms with Crippen LogP contribution in [0.25, 0.3) is 11.4 Å². The summed E-state index contributed by atoms with van der Waals surface area (Å²) in [6, 6.07) is 6.79. The quantitative estimate of drug-likeness (QED) is 0.867. The maximum absolute atomic E-state index is 10.4. The van der Waals surface area contributed by atoms with Crippen molar-refractivity contribution in [1.29, 1.82) is 0 Å². The van der Waals surface area contributed by atoms with Crippen LogP contribution in [-0.2, 0) is 6.42 Å². The van der Waals surface area contributed by atoms with Crippen LogP contribution in [0.5, 0.6) is 0 Å². The van der Waals surface area contributed by atoms with E-state index >= 15 is 0 Å². The predicted molar refractivity (Wildman–Crippen MR) is 65.4 cm³/mol. The number of rotatable bonds is 4. The lowest BCUT2D eigenvalue weighted by atomic mass is 10.2. The van der Waals surface area contributed by atoms with Crippen molar-refractivity contribution in [3.05, 3.63) is 30.2 Å². The Hall–Kier alpha value is -2.37. The van der Waals surface area contributed by atoms with Crippen LogP contribution >= 0.6 is 0 Å². The lowest BCUT2D eigenvalue weighted by Crippen LogP contribution is -2.06. The van der Waals surface area contributed by atoms with Crippen LogP contribution in [0.3, 0.4) is 0 Å². The maximum Gasteiger partial charge on any atom is 0.409 e. The van der Waals surface area contributed by atoms with Crippen LogP contribution in [0.4, 0.5) is 10.5 Å². The smallest absolute Gasteiger partial charge is 0.409 e. The van der Waals surface area contributed by atoms with Crippen LogP contribution in [-0.4, -0.2) is 21.3 Å². The normalized spacial score (nSPS) is 10.3. The first-order chi connectivity index (χ1) is 8.69. The second-order valence-electron chi connectivity index (χ2n) is 3.77. The highest BCUT2D eigenvalue weighted by atomic mass is 16.5. The van der Waals surface area contributed by atoms with Gasteiger partial charge in [0, 0.05) is 17.7 Å². The summed E-state index contributed by atoms with van der Waals surface area (Å²) in [6.45, 7) is 2.04. The molecule has 0 bridgehead atoms. The van der Waals surface area contributed by atoms with E-state index in [1.165, 1.54) is 0 Å². The summed E-state index contributed by atoms with van der Waals surface area (Å²) < 4.78 is 5.08. The minimum absolute atomic E-state index is 0.503. The second-order valence-corrected chi connectivity index (χ2v) is 3.77. The van der Waals surface area contributed by atoms with E-state index in [9.17, 15) is 4.79 Å². The summed E-state index contributed by atoms with van der Waals surface area (Å²) in [7, 11) is 0. The summed E-state index contributed by atoms with van der Waals surface area (Å²) in [5.41, 5.74) is 1.29. The molecule has 0 aliphatic carbocycles. The fraction of sp³-hybridized carbons (Fsp3) is 0.250. The van der Waals surface area contributed by atoms with E-state index < -0.39 is 6.09 Å². The Morgan fingerprint density at radius 3 is 2.72 bits per heavy atom. The topological polar surface area (TPSA) is 88.2 Å². The van der Waals surface area contributed by atoms with Crippen molar-refractivity contribution in [2.45, 2.75) is 19.8 Å². The molecule has 94 valence electrons. The van der Waals surface area contributed by atoms with Gasteiger partial charge in [0.05, 0.1) is 0 Å². The van der Waals surface area contributed by atoms with Gasteiger partial charge in [-0.3, -0.25) is 5.32 Å². The molecule has 6 nitrogen and oxygen atoms in total. The Kier molecular flexibility index (Phi) is 3.57. The molecule has 0 saturated carbocycles. The number of amides is 1. The highest BCUT2D eigenvalue weighted by Crippen LogP contribution is 2.19. The zero-order chi connectivity index (χ0) is 13.0. The van der Waals surface area contributed by atoms with Gasteiger partial charge in [-0.2, -0.15) is 4.98 Å². The van der Waals surface area contributed by atoms with Gasteiger partial charge in [-0.25, -0.2) is 4.79 Å². The molecule has 0 fully saturated rings. The monoisotopic (exact) mass is 247 g/mol. The second kappa shape index (κ2) is 5.31. The Morgan fingerprint density at radius 1 is 1.39 bits per heavy atom. The average molecular weight is 247 g/mol. The molecule has 0 unspecified atom stereocenters. The largest absolute Gasteiger partial charge is 0.465 e. The Balaban J connectivity index is 2.15. The molecule has 0 aliphatic rings. The number of hydrogen-bond donors (Lipinski definition) is 2. The van der Waals surface area contributed by atoms with Crippen LogP contribution in [0.15, 0.2) is 28.8 Å². The first-order valence-electron chi connectivity index (χ1n) is 5.62. The van der Waals surface area contributed by atoms with Crippen LogP contribution in [0.1, 0.15) is 19.2 Å². The Bertz CT molecular complexity index is 534. The molecule has 1 heterocycles. The molecule has 0 radical (unpaired) electrons. The van der Waals surface area contributed by atoms with E-state index in [1.54, 1.807) is 24.3 Å². The third-order valence-electron chi connectivity index (χ3n) is 2.33. The molecular formula is C12H13N3O3. The average Bonchev–Trinajstić information content (AvgIpc) is 2.78. The first kappa shape index (κ1) is 12.1. The first-order valence-corrected chi connectivity index (χ1v) is 5.62. The highest BCUT2D eigenvalue weighted by molar-refractivity contribution is 5.83. The summed E-state index contributed by atoms with van der Waals surface area (Å²) in [4.78, 5) is 14.7. The SMILES string of the molecule is CCCc1nc(-c2ccc(NC(=O)O)cc2)no1. The molecule has 0 spiro atoms. The Labute approximate surface area is 104 Å². The maximum atomic E-state index is 10.4. The standard InChI is InChI=1S/C12H13N3O3/c1-2-3-10-14-11(15-18-10)8-4-6-9(7-5-8)13-12(16)17/h4-7,13H,2-3H2,1H3,(H,16,17). The molecule has 0 atom stereocenters. The number of nitrogens with one attached hydrogen (secondary N) is 1. The Morgan fingerprint density at radius 2 is 2.11 bits per heavy atom. The fourth-order valence-electron chi connectivity index (χ4n) is 1.51. The van der Waals surface area contributed by atoms with Crippen molar-refractivity contribution in [3.8, 4) is 11.4 Å². The minimum Gasteiger partial charge on any atom is -0.465 e. The van der Waals surface area contributed by atoms with E-state index in [1.807, 2.05) is 6.92 Å². The third-order valence-corrected chi connectivity index (χ3v) is 2.33. The molecule has 6 heteroatoms. The molecular weight excluding hydrogens is 234 g/mol. The van der Waals surface area contributed by atoms with Gasteiger partial charge in [0.25, 0.3) is 0 Å². The number of aromatic nitrogens is 2. The number of carbonyl (C=O) groups is 1. The number of aryl methyl sites for hydroxylation is 1. The molecule has 18 heavy (non-hydrogen) atoms. The number of hydrogen-bond acceptors (Lipinski definition) is 4. The third kappa shape index (κ3) is 2.85. The zero-order valence-electron chi connectivity index (χ0n) is 9.88. The van der Waals surface area contributed by atoms with Gasteiger partial charge < -0.3 is 9.63 Å². The van der Waals surface area contributed by atoms with Crippen molar-refractivity contribution >= 4 is 11.8 Å². The van der Waals surface area contributed by atoms with Gasteiger partial charge in [-0.15, -0.1) is 0 Å². The van der Waals surface area contributed by atoms with Gasteiger partial charge in [-0.1, -0.05) is 12.1 Å². The molecule has 0 aliphatic heterocycles. The predicted octanol–water partition coefficient (Wildman–Crippen LogP) is 2.78. The van der Waals surface area contributed by atoms with Crippen molar-refractivity contribution in [3.63, 3.8) is 0 Å². The number of benzene rings is 1. The van der Waals surface area contributed by atoms with Crippen molar-refractivity contribution in [2.24, 2.45) is 0 Å². The molecule has 2 aromatic rings. The summed E-state index contributed by atoms with van der Waals surface area (Å²) in [6.07, 6.45) is 0.613. The van der Waals surface area contributed by atoms with Gasteiger partial charge in [0.2, 0.25) is 11.7 Å². The minimum atomic E-state index is -1.09. The lowest BCUT2D eigenvalue weighted by molar-refractivity contribution is 0.210. The van der Waals surface area contributed by atoms with Crippen LogP contribution in [0.2, 0.25) is 0 Å². The van der Waals surface area contributed by atoms with Gasteiger partial charge >= 0.3 is 6.09 Å².